The third kappa shape index (κ3) is 3.67. The minimum absolute atomic E-state index is 0.0115. The lowest BCUT2D eigenvalue weighted by Crippen LogP contribution is -2.12. The highest BCUT2D eigenvalue weighted by molar-refractivity contribution is 9.10. The van der Waals surface area contributed by atoms with E-state index in [9.17, 15) is 13.2 Å². The van der Waals surface area contributed by atoms with E-state index in [1.165, 1.54) is 6.92 Å². The van der Waals surface area contributed by atoms with Gasteiger partial charge in [0, 0.05) is 29.6 Å². The Kier molecular flexibility index (Phi) is 4.79. The van der Waals surface area contributed by atoms with Crippen LogP contribution in [-0.4, -0.2) is 41.8 Å². The van der Waals surface area contributed by atoms with Crippen molar-refractivity contribution in [2.24, 2.45) is 0 Å². The monoisotopic (exact) mass is 425 g/mol. The molecule has 132 valence electrons. The summed E-state index contributed by atoms with van der Waals surface area (Å²) >= 11 is 3.41. The van der Waals surface area contributed by atoms with Crippen molar-refractivity contribution in [2.45, 2.75) is 25.0 Å². The van der Waals surface area contributed by atoms with E-state index in [1.807, 2.05) is 18.2 Å². The molecule has 3 rings (SSSR count). The number of ether oxygens (including phenoxy) is 1. The summed E-state index contributed by atoms with van der Waals surface area (Å²) in [4.78, 5) is 19.5. The van der Waals surface area contributed by atoms with Crippen LogP contribution in [0.15, 0.2) is 34.0 Å². The van der Waals surface area contributed by atoms with Gasteiger partial charge in [-0.25, -0.2) is 13.4 Å². The van der Waals surface area contributed by atoms with Gasteiger partial charge in [-0.1, -0.05) is 15.9 Å². The number of rotatable bonds is 5. The molecule has 0 radical (unpaired) electrons. The minimum Gasteiger partial charge on any atom is -0.466 e. The van der Waals surface area contributed by atoms with Crippen LogP contribution in [0.3, 0.4) is 0 Å². The maximum Gasteiger partial charge on any atom is 0.302 e. The van der Waals surface area contributed by atoms with Crippen LogP contribution in [0.1, 0.15) is 13.3 Å². The molecule has 2 aromatic heterocycles. The number of aryl methyl sites for hydroxylation is 1. The molecule has 0 unspecified atom stereocenters. The number of imidazole rings is 1. The number of halogens is 1. The van der Waals surface area contributed by atoms with Gasteiger partial charge in [0.2, 0.25) is 15.0 Å². The van der Waals surface area contributed by atoms with Gasteiger partial charge in [-0.05, 0) is 24.6 Å². The fourth-order valence-corrected chi connectivity index (χ4v) is 3.89. The van der Waals surface area contributed by atoms with Crippen molar-refractivity contribution in [3.63, 3.8) is 0 Å². The molecule has 1 aromatic carbocycles. The molecular weight excluding hydrogens is 410 g/mol. The molecule has 0 aliphatic heterocycles. The normalized spacial score (nSPS) is 12.0. The van der Waals surface area contributed by atoms with Gasteiger partial charge in [0.25, 0.3) is 0 Å². The summed E-state index contributed by atoms with van der Waals surface area (Å²) in [6, 6.07) is 5.62. The number of hydrogen-bond donors (Lipinski definition) is 0. The summed E-state index contributed by atoms with van der Waals surface area (Å²) in [5.41, 5.74) is 1.96. The van der Waals surface area contributed by atoms with Gasteiger partial charge in [-0.15, -0.1) is 0 Å². The molecule has 0 spiro atoms. The van der Waals surface area contributed by atoms with Gasteiger partial charge in [0.15, 0.2) is 0 Å². The lowest BCUT2D eigenvalue weighted by Gasteiger charge is -2.09. The van der Waals surface area contributed by atoms with E-state index in [4.69, 9.17) is 4.74 Å². The first-order valence-corrected chi connectivity index (χ1v) is 10.2. The quantitative estimate of drug-likeness (QED) is 0.460. The number of esters is 1. The van der Waals surface area contributed by atoms with Crippen molar-refractivity contribution < 1.29 is 17.9 Å². The maximum absolute atomic E-state index is 12.2. The molecule has 0 saturated heterocycles. The molecule has 0 bridgehead atoms. The largest absolute Gasteiger partial charge is 0.466 e. The molecule has 0 aliphatic rings. The Labute approximate surface area is 153 Å². The number of hydrogen-bond acceptors (Lipinski definition) is 6. The number of pyridine rings is 1. The second-order valence-electron chi connectivity index (χ2n) is 5.67. The number of sulfone groups is 1. The molecule has 0 amide bonds. The van der Waals surface area contributed by atoms with Crippen LogP contribution in [0.5, 0.6) is 0 Å². The first kappa shape index (κ1) is 17.8. The topological polar surface area (TPSA) is 91.2 Å². The van der Waals surface area contributed by atoms with E-state index in [1.54, 1.807) is 10.8 Å². The van der Waals surface area contributed by atoms with Crippen LogP contribution in [0.25, 0.3) is 21.9 Å². The van der Waals surface area contributed by atoms with Gasteiger partial charge in [0.1, 0.15) is 5.52 Å². The number of benzene rings is 1. The van der Waals surface area contributed by atoms with Crippen LogP contribution < -0.4 is 0 Å². The second kappa shape index (κ2) is 6.72. The lowest BCUT2D eigenvalue weighted by atomic mass is 10.2. The summed E-state index contributed by atoms with van der Waals surface area (Å²) in [6.45, 7) is 1.92. The Morgan fingerprint density at radius 2 is 2.08 bits per heavy atom. The molecule has 7 nitrogen and oxygen atoms in total. The Hall–Kier alpha value is -2.00. The first-order valence-electron chi connectivity index (χ1n) is 7.55. The third-order valence-electron chi connectivity index (χ3n) is 3.66. The number of aromatic nitrogens is 3. The molecule has 9 heteroatoms. The molecule has 0 aliphatic carbocycles. The van der Waals surface area contributed by atoms with E-state index in [0.29, 0.717) is 24.0 Å². The smallest absolute Gasteiger partial charge is 0.302 e. The Balaban J connectivity index is 2.16. The SMILES string of the molecule is CC(=O)OCCCn1c(S(C)(=O)=O)nc2cnc3cc(Br)ccc3c21. The number of carbonyl (C=O) groups is 1. The summed E-state index contributed by atoms with van der Waals surface area (Å²) in [5.74, 6) is -0.363. The molecule has 0 fully saturated rings. The molecule has 0 atom stereocenters. The van der Waals surface area contributed by atoms with Crippen molar-refractivity contribution in [1.82, 2.24) is 14.5 Å². The van der Waals surface area contributed by atoms with Gasteiger partial charge in [-0.3, -0.25) is 9.78 Å². The van der Waals surface area contributed by atoms with E-state index in [0.717, 1.165) is 21.6 Å². The molecule has 2 heterocycles. The average Bonchev–Trinajstić information content (AvgIpc) is 2.90. The van der Waals surface area contributed by atoms with E-state index >= 15 is 0 Å². The zero-order valence-corrected chi connectivity index (χ0v) is 16.1. The summed E-state index contributed by atoms with van der Waals surface area (Å²) in [6.07, 6.45) is 3.18. The van der Waals surface area contributed by atoms with Gasteiger partial charge < -0.3 is 9.30 Å². The lowest BCUT2D eigenvalue weighted by molar-refractivity contribution is -0.141. The van der Waals surface area contributed by atoms with Crippen molar-refractivity contribution >= 4 is 53.7 Å². The zero-order valence-electron chi connectivity index (χ0n) is 13.7. The predicted molar refractivity (Wildman–Crippen MR) is 97.1 cm³/mol. The summed E-state index contributed by atoms with van der Waals surface area (Å²) < 4.78 is 31.8. The standard InChI is InChI=1S/C16H16BrN3O4S/c1-10(21)24-7-3-6-20-15-12-5-4-11(17)8-13(12)18-9-14(15)19-16(20)25(2,22)23/h4-5,8-9H,3,6-7H2,1-2H3. The van der Waals surface area contributed by atoms with E-state index < -0.39 is 9.84 Å². The fourth-order valence-electron chi connectivity index (χ4n) is 2.70. The van der Waals surface area contributed by atoms with Crippen LogP contribution in [0, 0.1) is 0 Å². The highest BCUT2D eigenvalue weighted by atomic mass is 79.9. The minimum atomic E-state index is -3.52. The molecule has 25 heavy (non-hydrogen) atoms. The van der Waals surface area contributed by atoms with E-state index in [-0.39, 0.29) is 17.7 Å². The predicted octanol–water partition coefficient (Wildman–Crippen LogP) is 2.70. The maximum atomic E-state index is 12.2. The number of nitrogens with zero attached hydrogens (tertiary/aromatic N) is 3. The van der Waals surface area contributed by atoms with E-state index in [2.05, 4.69) is 25.9 Å². The summed E-state index contributed by atoms with van der Waals surface area (Å²) in [7, 11) is -3.52. The van der Waals surface area contributed by atoms with Crippen LogP contribution in [0.2, 0.25) is 0 Å². The van der Waals surface area contributed by atoms with Gasteiger partial charge in [-0.2, -0.15) is 0 Å². The van der Waals surface area contributed by atoms with Crippen molar-refractivity contribution in [3.05, 3.63) is 28.9 Å². The molecule has 0 saturated carbocycles. The van der Waals surface area contributed by atoms with Crippen LogP contribution in [0.4, 0.5) is 0 Å². The number of fused-ring (bicyclic) bond motifs is 3. The Morgan fingerprint density at radius 1 is 1.32 bits per heavy atom. The zero-order chi connectivity index (χ0) is 18.2. The molecular formula is C16H16BrN3O4S. The first-order chi connectivity index (χ1) is 11.8. The van der Waals surface area contributed by atoms with Crippen molar-refractivity contribution in [3.8, 4) is 0 Å². The Morgan fingerprint density at radius 3 is 2.76 bits per heavy atom. The van der Waals surface area contributed by atoms with Crippen molar-refractivity contribution in [1.29, 1.82) is 0 Å². The van der Waals surface area contributed by atoms with Crippen LogP contribution in [-0.2, 0) is 25.9 Å². The van der Waals surface area contributed by atoms with Gasteiger partial charge >= 0.3 is 5.97 Å². The third-order valence-corrected chi connectivity index (χ3v) is 5.13. The highest BCUT2D eigenvalue weighted by Gasteiger charge is 2.21. The average molecular weight is 426 g/mol. The molecule has 0 N–H and O–H groups in total. The highest BCUT2D eigenvalue weighted by Crippen LogP contribution is 2.28. The summed E-state index contributed by atoms with van der Waals surface area (Å²) in [5, 5.41) is 0.804. The Bertz CT molecular complexity index is 1080. The van der Waals surface area contributed by atoms with Crippen molar-refractivity contribution in [2.75, 3.05) is 12.9 Å². The number of carbonyl (C=O) groups excluding carboxylic acids is 1. The van der Waals surface area contributed by atoms with Gasteiger partial charge in [0.05, 0.1) is 23.8 Å². The fraction of sp³-hybridized carbons (Fsp3) is 0.312. The van der Waals surface area contributed by atoms with Crippen LogP contribution >= 0.6 is 15.9 Å². The second-order valence-corrected chi connectivity index (χ2v) is 8.49. The molecule has 3 aromatic rings.